The van der Waals surface area contributed by atoms with Crippen LogP contribution in [0.2, 0.25) is 0 Å². The average Bonchev–Trinajstić information content (AvgIpc) is 2.83. The number of hydrogen-bond acceptors (Lipinski definition) is 6. The molecule has 0 saturated heterocycles. The molecule has 7 N–H and O–H groups in total. The number of aromatic hydroxyl groups is 1. The van der Waals surface area contributed by atoms with Gasteiger partial charge in [-0.25, -0.2) is 0 Å². The standard InChI is InChI=1S/C26H34N4O6/c1-16(2)12-21(25(35)28-15-23(32)33)30-26(36)22(14-17-6-4-3-5-7-17)29-24(34)20(27)13-18-8-10-19(31)11-9-18/h3-11,16,20-22,31H,12-15,27H2,1-2H3,(H,28,35)(H,29,34)(H,30,36)(H,32,33). The van der Waals surface area contributed by atoms with Crippen molar-refractivity contribution >= 4 is 23.7 Å². The smallest absolute Gasteiger partial charge is 0.322 e. The van der Waals surface area contributed by atoms with Crippen LogP contribution in [0.3, 0.4) is 0 Å². The Balaban J connectivity index is 2.16. The zero-order chi connectivity index (χ0) is 26.7. The summed E-state index contributed by atoms with van der Waals surface area (Å²) in [6.45, 7) is 3.17. The molecule has 10 heteroatoms. The molecule has 10 nitrogen and oxygen atoms in total. The second kappa shape index (κ2) is 13.8. The van der Waals surface area contributed by atoms with E-state index in [1.165, 1.54) is 12.1 Å². The van der Waals surface area contributed by atoms with E-state index in [2.05, 4.69) is 16.0 Å². The molecule has 0 aliphatic rings. The Morgan fingerprint density at radius 3 is 1.97 bits per heavy atom. The number of hydrogen-bond donors (Lipinski definition) is 6. The fourth-order valence-electron chi connectivity index (χ4n) is 3.58. The summed E-state index contributed by atoms with van der Waals surface area (Å²) >= 11 is 0. The lowest BCUT2D eigenvalue weighted by Crippen LogP contribution is -2.57. The number of benzene rings is 2. The number of carbonyl (C=O) groups excluding carboxylic acids is 3. The minimum absolute atomic E-state index is 0.0340. The number of aliphatic carboxylic acids is 1. The Morgan fingerprint density at radius 2 is 1.39 bits per heavy atom. The summed E-state index contributed by atoms with van der Waals surface area (Å²) in [5.74, 6) is -2.82. The highest BCUT2D eigenvalue weighted by Gasteiger charge is 2.29. The summed E-state index contributed by atoms with van der Waals surface area (Å²) in [5.41, 5.74) is 7.62. The van der Waals surface area contributed by atoms with Gasteiger partial charge in [0.2, 0.25) is 17.7 Å². The van der Waals surface area contributed by atoms with E-state index in [1.54, 1.807) is 12.1 Å². The van der Waals surface area contributed by atoms with Crippen molar-refractivity contribution in [2.45, 2.75) is 51.2 Å². The highest BCUT2D eigenvalue weighted by molar-refractivity contribution is 5.93. The lowest BCUT2D eigenvalue weighted by Gasteiger charge is -2.25. The number of phenolic OH excluding ortho intramolecular Hbond substituents is 1. The summed E-state index contributed by atoms with van der Waals surface area (Å²) < 4.78 is 0. The van der Waals surface area contributed by atoms with Crippen molar-refractivity contribution in [1.29, 1.82) is 0 Å². The number of nitrogens with two attached hydrogens (primary N) is 1. The summed E-state index contributed by atoms with van der Waals surface area (Å²) in [6, 6.07) is 12.4. The van der Waals surface area contributed by atoms with Gasteiger partial charge < -0.3 is 31.9 Å². The number of phenols is 1. The van der Waals surface area contributed by atoms with Gasteiger partial charge >= 0.3 is 5.97 Å². The fraction of sp³-hybridized carbons (Fsp3) is 0.385. The molecule has 2 rings (SSSR count). The molecule has 0 aromatic heterocycles. The molecule has 0 aliphatic carbocycles. The van der Waals surface area contributed by atoms with Crippen LogP contribution in [0.15, 0.2) is 54.6 Å². The SMILES string of the molecule is CC(C)CC(NC(=O)C(Cc1ccccc1)NC(=O)C(N)Cc1ccc(O)cc1)C(=O)NCC(=O)O. The van der Waals surface area contributed by atoms with Crippen molar-refractivity contribution in [2.75, 3.05) is 6.54 Å². The van der Waals surface area contributed by atoms with Crippen LogP contribution in [0.1, 0.15) is 31.4 Å². The molecule has 0 radical (unpaired) electrons. The van der Waals surface area contributed by atoms with Crippen LogP contribution in [0.5, 0.6) is 5.75 Å². The summed E-state index contributed by atoms with van der Waals surface area (Å²) in [6.07, 6.45) is 0.637. The zero-order valence-electron chi connectivity index (χ0n) is 20.4. The van der Waals surface area contributed by atoms with E-state index >= 15 is 0 Å². The van der Waals surface area contributed by atoms with Crippen LogP contribution < -0.4 is 21.7 Å². The van der Waals surface area contributed by atoms with Gasteiger partial charge in [0.1, 0.15) is 24.4 Å². The first-order valence-electron chi connectivity index (χ1n) is 11.7. The lowest BCUT2D eigenvalue weighted by atomic mass is 10.0. The molecule has 0 spiro atoms. The first-order chi connectivity index (χ1) is 17.0. The monoisotopic (exact) mass is 498 g/mol. The molecule has 0 fully saturated rings. The van der Waals surface area contributed by atoms with Crippen molar-refractivity contribution in [3.8, 4) is 5.75 Å². The topological polar surface area (TPSA) is 171 Å². The van der Waals surface area contributed by atoms with Crippen molar-refractivity contribution in [3.63, 3.8) is 0 Å². The molecule has 2 aromatic rings. The maximum absolute atomic E-state index is 13.2. The molecule has 3 amide bonds. The van der Waals surface area contributed by atoms with E-state index in [4.69, 9.17) is 10.8 Å². The molecule has 0 bridgehead atoms. The Morgan fingerprint density at radius 1 is 0.806 bits per heavy atom. The molecule has 0 heterocycles. The fourth-order valence-corrected chi connectivity index (χ4v) is 3.58. The zero-order valence-corrected chi connectivity index (χ0v) is 20.4. The number of nitrogens with one attached hydrogen (secondary N) is 3. The third kappa shape index (κ3) is 9.75. The quantitative estimate of drug-likeness (QED) is 0.236. The van der Waals surface area contributed by atoms with Gasteiger partial charge in [0.15, 0.2) is 0 Å². The first-order valence-corrected chi connectivity index (χ1v) is 11.7. The van der Waals surface area contributed by atoms with Crippen molar-refractivity contribution in [3.05, 3.63) is 65.7 Å². The summed E-state index contributed by atoms with van der Waals surface area (Å²) in [7, 11) is 0. The van der Waals surface area contributed by atoms with Gasteiger partial charge in [-0.2, -0.15) is 0 Å². The molecule has 2 aromatic carbocycles. The van der Waals surface area contributed by atoms with E-state index < -0.39 is 48.4 Å². The second-order valence-electron chi connectivity index (χ2n) is 9.03. The van der Waals surface area contributed by atoms with E-state index in [0.29, 0.717) is 0 Å². The Bertz CT molecular complexity index is 1030. The van der Waals surface area contributed by atoms with Crippen molar-refractivity contribution in [1.82, 2.24) is 16.0 Å². The third-order valence-corrected chi connectivity index (χ3v) is 5.40. The van der Waals surface area contributed by atoms with Gasteiger partial charge in [0.05, 0.1) is 6.04 Å². The van der Waals surface area contributed by atoms with Crippen LogP contribution in [-0.4, -0.2) is 58.6 Å². The van der Waals surface area contributed by atoms with Crippen LogP contribution in [0.4, 0.5) is 0 Å². The van der Waals surface area contributed by atoms with Crippen molar-refractivity contribution < 1.29 is 29.4 Å². The van der Waals surface area contributed by atoms with Gasteiger partial charge in [-0.15, -0.1) is 0 Å². The lowest BCUT2D eigenvalue weighted by molar-refractivity contribution is -0.138. The maximum atomic E-state index is 13.2. The van der Waals surface area contributed by atoms with Crippen LogP contribution in [-0.2, 0) is 32.0 Å². The van der Waals surface area contributed by atoms with Crippen LogP contribution >= 0.6 is 0 Å². The predicted molar refractivity (Wildman–Crippen MR) is 134 cm³/mol. The Kier molecular flexibility index (Phi) is 10.9. The largest absolute Gasteiger partial charge is 0.508 e. The highest BCUT2D eigenvalue weighted by Crippen LogP contribution is 2.12. The molecule has 3 unspecified atom stereocenters. The first kappa shape index (κ1) is 28.3. The van der Waals surface area contributed by atoms with E-state index in [-0.39, 0.29) is 30.9 Å². The summed E-state index contributed by atoms with van der Waals surface area (Å²) in [5, 5.41) is 25.9. The molecular weight excluding hydrogens is 464 g/mol. The molecule has 3 atom stereocenters. The van der Waals surface area contributed by atoms with Gasteiger partial charge in [0.25, 0.3) is 0 Å². The number of amides is 3. The molecule has 194 valence electrons. The number of rotatable bonds is 13. The predicted octanol–water partition coefficient (Wildman–Crippen LogP) is 0.721. The number of carbonyl (C=O) groups is 4. The minimum atomic E-state index is -1.20. The van der Waals surface area contributed by atoms with Gasteiger partial charge in [0, 0.05) is 6.42 Å². The summed E-state index contributed by atoms with van der Waals surface area (Å²) in [4.78, 5) is 49.5. The Labute approximate surface area is 210 Å². The molecule has 0 aliphatic heterocycles. The molecule has 0 saturated carbocycles. The van der Waals surface area contributed by atoms with Gasteiger partial charge in [-0.1, -0.05) is 56.3 Å². The van der Waals surface area contributed by atoms with Gasteiger partial charge in [-0.3, -0.25) is 19.2 Å². The second-order valence-corrected chi connectivity index (χ2v) is 9.03. The number of carboxylic acids is 1. The van der Waals surface area contributed by atoms with E-state index in [0.717, 1.165) is 11.1 Å². The maximum Gasteiger partial charge on any atom is 0.322 e. The van der Waals surface area contributed by atoms with E-state index in [9.17, 15) is 24.3 Å². The average molecular weight is 499 g/mol. The number of carboxylic acid groups (broad SMARTS) is 1. The molecular formula is C26H34N4O6. The molecule has 36 heavy (non-hydrogen) atoms. The van der Waals surface area contributed by atoms with Crippen LogP contribution in [0, 0.1) is 5.92 Å². The highest BCUT2D eigenvalue weighted by atomic mass is 16.4. The Hall–Kier alpha value is -3.92. The third-order valence-electron chi connectivity index (χ3n) is 5.40. The normalized spacial score (nSPS) is 13.3. The van der Waals surface area contributed by atoms with Gasteiger partial charge in [-0.05, 0) is 42.0 Å². The van der Waals surface area contributed by atoms with E-state index in [1.807, 2.05) is 44.2 Å². The minimum Gasteiger partial charge on any atom is -0.508 e. The van der Waals surface area contributed by atoms with Crippen molar-refractivity contribution in [2.24, 2.45) is 11.7 Å². The van der Waals surface area contributed by atoms with Crippen LogP contribution in [0.25, 0.3) is 0 Å².